The number of methoxy groups -OCH3 is 1. The Hall–Kier alpha value is -2.50. The summed E-state index contributed by atoms with van der Waals surface area (Å²) < 4.78 is 4.76. The Bertz CT molecular complexity index is 639. The fourth-order valence-electron chi connectivity index (χ4n) is 2.63. The van der Waals surface area contributed by atoms with E-state index < -0.39 is 0 Å². The van der Waals surface area contributed by atoms with Gasteiger partial charge in [0.25, 0.3) is 0 Å². The Balaban J connectivity index is 1.85. The average molecular weight is 286 g/mol. The van der Waals surface area contributed by atoms with Gasteiger partial charge in [-0.1, -0.05) is 6.07 Å². The van der Waals surface area contributed by atoms with Gasteiger partial charge in [0.2, 0.25) is 0 Å². The van der Waals surface area contributed by atoms with Gasteiger partial charge in [-0.05, 0) is 24.1 Å². The third-order valence-electron chi connectivity index (χ3n) is 3.81. The second kappa shape index (κ2) is 5.47. The number of amides is 1. The third kappa shape index (κ3) is 2.56. The summed E-state index contributed by atoms with van der Waals surface area (Å²) in [5, 5.41) is 0. The van der Waals surface area contributed by atoms with Crippen LogP contribution in [-0.4, -0.2) is 36.8 Å². The van der Waals surface area contributed by atoms with Gasteiger partial charge in [0.15, 0.2) is 0 Å². The lowest BCUT2D eigenvalue weighted by atomic mass is 10.1. The largest absolute Gasteiger partial charge is 0.452 e. The molecule has 0 bridgehead atoms. The maximum Gasteiger partial charge on any atom is 0.413 e. The number of benzene rings is 1. The summed E-state index contributed by atoms with van der Waals surface area (Å²) in [5.41, 5.74) is 4.38. The number of aromatic nitrogens is 2. The second-order valence-corrected chi connectivity index (χ2v) is 5.09. The summed E-state index contributed by atoms with van der Waals surface area (Å²) in [6.45, 7) is 1.76. The molecule has 6 heteroatoms. The molecular formula is C15H18N4O2. The number of nitrogens with zero attached hydrogens (tertiary/aromatic N) is 3. The summed E-state index contributed by atoms with van der Waals surface area (Å²) in [6, 6.07) is 6.07. The zero-order valence-electron chi connectivity index (χ0n) is 12.2. The number of rotatable bonds is 3. The fourth-order valence-corrected chi connectivity index (χ4v) is 2.63. The van der Waals surface area contributed by atoms with E-state index in [9.17, 15) is 4.79 Å². The van der Waals surface area contributed by atoms with Gasteiger partial charge < -0.3 is 14.6 Å². The number of carbonyl (C=O) groups excluding carboxylic acids is 1. The molecule has 1 aromatic carbocycles. The van der Waals surface area contributed by atoms with Crippen LogP contribution in [0.3, 0.4) is 0 Å². The first kappa shape index (κ1) is 13.5. The molecule has 1 amide bonds. The predicted octanol–water partition coefficient (Wildman–Crippen LogP) is 2.17. The Kier molecular flexibility index (Phi) is 3.51. The molecule has 2 aromatic rings. The molecule has 1 aliphatic heterocycles. The van der Waals surface area contributed by atoms with E-state index in [2.05, 4.69) is 20.9 Å². The van der Waals surface area contributed by atoms with Gasteiger partial charge in [-0.15, -0.1) is 0 Å². The zero-order chi connectivity index (χ0) is 14.8. The van der Waals surface area contributed by atoms with Crippen LogP contribution in [0.25, 0.3) is 0 Å². The molecule has 3 rings (SSSR count). The highest BCUT2D eigenvalue weighted by molar-refractivity contribution is 5.88. The van der Waals surface area contributed by atoms with Crippen LogP contribution in [0.15, 0.2) is 30.7 Å². The number of H-pyrrole nitrogens is 1. The maximum atomic E-state index is 11.6. The maximum absolute atomic E-state index is 11.6. The number of imidazole rings is 1. The topological polar surface area (TPSA) is 61.5 Å². The lowest BCUT2D eigenvalue weighted by molar-refractivity contribution is 0.180. The molecule has 0 spiro atoms. The molecule has 0 fully saturated rings. The average Bonchev–Trinajstić information content (AvgIpc) is 3.16. The smallest absolute Gasteiger partial charge is 0.413 e. The van der Waals surface area contributed by atoms with E-state index >= 15 is 0 Å². The second-order valence-electron chi connectivity index (χ2n) is 5.09. The van der Waals surface area contributed by atoms with Crippen molar-refractivity contribution >= 4 is 17.5 Å². The van der Waals surface area contributed by atoms with Crippen molar-refractivity contribution in [3.63, 3.8) is 0 Å². The number of hydrogen-bond acceptors (Lipinski definition) is 4. The molecule has 2 heterocycles. The van der Waals surface area contributed by atoms with Crippen molar-refractivity contribution in [2.24, 2.45) is 0 Å². The zero-order valence-corrected chi connectivity index (χ0v) is 12.2. The van der Waals surface area contributed by atoms with Crippen LogP contribution >= 0.6 is 0 Å². The van der Waals surface area contributed by atoms with Gasteiger partial charge >= 0.3 is 6.09 Å². The third-order valence-corrected chi connectivity index (χ3v) is 3.81. The summed E-state index contributed by atoms with van der Waals surface area (Å²) in [5.74, 6) is 0. The summed E-state index contributed by atoms with van der Waals surface area (Å²) in [7, 11) is 3.10. The molecule has 1 N–H and O–H groups in total. The molecule has 6 nitrogen and oxygen atoms in total. The molecule has 1 aliphatic rings. The van der Waals surface area contributed by atoms with Crippen molar-refractivity contribution in [1.82, 2.24) is 9.97 Å². The Morgan fingerprint density at radius 3 is 3.10 bits per heavy atom. The van der Waals surface area contributed by atoms with Crippen LogP contribution in [0, 0.1) is 0 Å². The monoisotopic (exact) mass is 286 g/mol. The van der Waals surface area contributed by atoms with Crippen molar-refractivity contribution in [3.8, 4) is 0 Å². The molecule has 0 aliphatic carbocycles. The number of anilines is 2. The molecule has 1 aromatic heterocycles. The van der Waals surface area contributed by atoms with E-state index in [-0.39, 0.29) is 6.09 Å². The number of fused-ring (bicyclic) bond motifs is 1. The minimum atomic E-state index is -0.368. The Morgan fingerprint density at radius 1 is 1.52 bits per heavy atom. The Labute approximate surface area is 123 Å². The number of hydrogen-bond donors (Lipinski definition) is 1. The predicted molar refractivity (Wildman–Crippen MR) is 80.6 cm³/mol. The quantitative estimate of drug-likeness (QED) is 0.939. The van der Waals surface area contributed by atoms with E-state index in [1.54, 1.807) is 13.4 Å². The molecular weight excluding hydrogens is 268 g/mol. The van der Waals surface area contributed by atoms with Gasteiger partial charge in [-0.3, -0.25) is 4.90 Å². The number of nitrogens with one attached hydrogen (secondary N) is 1. The van der Waals surface area contributed by atoms with E-state index in [4.69, 9.17) is 4.74 Å². The Morgan fingerprint density at radius 2 is 2.38 bits per heavy atom. The standard InChI is InChI=1S/C15H18N4O2/c1-18(15(20)21-2)13-4-3-11-5-6-19(14(11)7-13)9-12-8-16-10-17-12/h3-4,7-8,10H,5-6,9H2,1-2H3,(H,16,17). The molecule has 0 unspecified atom stereocenters. The van der Waals surface area contributed by atoms with Crippen molar-refractivity contribution in [1.29, 1.82) is 0 Å². The van der Waals surface area contributed by atoms with Crippen LogP contribution in [0.5, 0.6) is 0 Å². The highest BCUT2D eigenvalue weighted by Crippen LogP contribution is 2.32. The van der Waals surface area contributed by atoms with E-state index in [0.29, 0.717) is 0 Å². The minimum Gasteiger partial charge on any atom is -0.452 e. The van der Waals surface area contributed by atoms with Gasteiger partial charge in [0.1, 0.15) is 0 Å². The molecule has 0 radical (unpaired) electrons. The summed E-state index contributed by atoms with van der Waals surface area (Å²) >= 11 is 0. The van der Waals surface area contributed by atoms with Gasteiger partial charge in [0.05, 0.1) is 25.7 Å². The van der Waals surface area contributed by atoms with E-state index in [0.717, 1.165) is 36.6 Å². The van der Waals surface area contributed by atoms with Crippen LogP contribution in [0.2, 0.25) is 0 Å². The number of aromatic amines is 1. The van der Waals surface area contributed by atoms with Gasteiger partial charge in [-0.25, -0.2) is 9.78 Å². The van der Waals surface area contributed by atoms with Crippen LogP contribution in [0.1, 0.15) is 11.3 Å². The highest BCUT2D eigenvalue weighted by atomic mass is 16.5. The van der Waals surface area contributed by atoms with E-state index in [1.807, 2.05) is 18.3 Å². The normalized spacial score (nSPS) is 13.1. The summed E-state index contributed by atoms with van der Waals surface area (Å²) in [4.78, 5) is 22.6. The SMILES string of the molecule is COC(=O)N(C)c1ccc2c(c1)N(Cc1cnc[nH]1)CC2. The minimum absolute atomic E-state index is 0.368. The molecule has 0 saturated carbocycles. The van der Waals surface area contributed by atoms with Gasteiger partial charge in [0, 0.05) is 31.2 Å². The lowest BCUT2D eigenvalue weighted by Crippen LogP contribution is -2.26. The molecule has 21 heavy (non-hydrogen) atoms. The highest BCUT2D eigenvalue weighted by Gasteiger charge is 2.21. The first-order valence-corrected chi connectivity index (χ1v) is 6.86. The molecule has 110 valence electrons. The van der Waals surface area contributed by atoms with Crippen molar-refractivity contribution < 1.29 is 9.53 Å². The first-order valence-electron chi connectivity index (χ1n) is 6.86. The van der Waals surface area contributed by atoms with Crippen LogP contribution < -0.4 is 9.80 Å². The van der Waals surface area contributed by atoms with Crippen molar-refractivity contribution in [3.05, 3.63) is 42.0 Å². The van der Waals surface area contributed by atoms with E-state index in [1.165, 1.54) is 17.6 Å². The number of carbonyl (C=O) groups is 1. The fraction of sp³-hybridized carbons (Fsp3) is 0.333. The van der Waals surface area contributed by atoms with Crippen LogP contribution in [-0.2, 0) is 17.7 Å². The first-order chi connectivity index (χ1) is 10.2. The lowest BCUT2D eigenvalue weighted by Gasteiger charge is -2.21. The molecule has 0 saturated heterocycles. The summed E-state index contributed by atoms with van der Waals surface area (Å²) in [6.07, 6.45) is 4.18. The number of ether oxygens (including phenoxy) is 1. The van der Waals surface area contributed by atoms with Crippen LogP contribution in [0.4, 0.5) is 16.2 Å². The van der Waals surface area contributed by atoms with Crippen molar-refractivity contribution in [2.45, 2.75) is 13.0 Å². The van der Waals surface area contributed by atoms with Crippen molar-refractivity contribution in [2.75, 3.05) is 30.5 Å². The molecule has 0 atom stereocenters. The van der Waals surface area contributed by atoms with Gasteiger partial charge in [-0.2, -0.15) is 0 Å².